The second kappa shape index (κ2) is 11.3. The van der Waals surface area contributed by atoms with Crippen molar-refractivity contribution in [2.75, 3.05) is 0 Å². The molecular weight excluding hydrogens is 246 g/mol. The number of hydrogen-bond acceptors (Lipinski definition) is 3. The van der Waals surface area contributed by atoms with Gasteiger partial charge in [-0.15, -0.1) is 0 Å². The molecular formula is C13H23N3O3. The van der Waals surface area contributed by atoms with E-state index in [0.717, 1.165) is 6.54 Å². The highest BCUT2D eigenvalue weighted by Gasteiger charge is 1.99. The highest BCUT2D eigenvalue weighted by molar-refractivity contribution is 5.12. The maximum absolute atomic E-state index is 8.25. The molecule has 0 bridgehead atoms. The summed E-state index contributed by atoms with van der Waals surface area (Å²) in [6.07, 6.45) is 16.2. The van der Waals surface area contributed by atoms with Crippen LogP contribution < -0.4 is 4.57 Å². The van der Waals surface area contributed by atoms with Gasteiger partial charge in [0.2, 0.25) is 6.33 Å². The van der Waals surface area contributed by atoms with Crippen LogP contribution in [0.15, 0.2) is 25.3 Å². The first-order valence-corrected chi connectivity index (χ1v) is 6.60. The lowest BCUT2D eigenvalue weighted by Crippen LogP contribution is -2.30. The van der Waals surface area contributed by atoms with Gasteiger partial charge in [-0.25, -0.2) is 9.13 Å². The van der Waals surface area contributed by atoms with Crippen molar-refractivity contribution in [3.05, 3.63) is 40.6 Å². The van der Waals surface area contributed by atoms with Crippen LogP contribution in [0.25, 0.3) is 6.20 Å². The van der Waals surface area contributed by atoms with Crippen molar-refractivity contribution in [1.82, 2.24) is 4.57 Å². The van der Waals surface area contributed by atoms with Gasteiger partial charge in [0, 0.05) is 0 Å². The predicted molar refractivity (Wildman–Crippen MR) is 74.8 cm³/mol. The van der Waals surface area contributed by atoms with E-state index in [0.29, 0.717) is 0 Å². The average molecular weight is 269 g/mol. The Morgan fingerprint density at radius 1 is 1.26 bits per heavy atom. The zero-order chi connectivity index (χ0) is 14.5. The first-order valence-electron chi connectivity index (χ1n) is 6.60. The van der Waals surface area contributed by atoms with Crippen molar-refractivity contribution in [2.24, 2.45) is 0 Å². The highest BCUT2D eigenvalue weighted by Crippen LogP contribution is 2.04. The van der Waals surface area contributed by atoms with E-state index < -0.39 is 5.09 Å². The van der Waals surface area contributed by atoms with Crippen molar-refractivity contribution in [2.45, 2.75) is 52.0 Å². The lowest BCUT2D eigenvalue weighted by molar-refractivity contribution is -0.696. The molecule has 108 valence electrons. The zero-order valence-electron chi connectivity index (χ0n) is 11.5. The van der Waals surface area contributed by atoms with Crippen LogP contribution >= 0.6 is 0 Å². The second-order valence-electron chi connectivity index (χ2n) is 4.27. The van der Waals surface area contributed by atoms with Gasteiger partial charge in [0.05, 0.1) is 17.8 Å². The van der Waals surface area contributed by atoms with Crippen LogP contribution in [0, 0.1) is 15.3 Å². The molecule has 0 spiro atoms. The number of rotatable bonds is 8. The Hall–Kier alpha value is -1.85. The van der Waals surface area contributed by atoms with E-state index in [2.05, 4.69) is 30.6 Å². The fourth-order valence-corrected chi connectivity index (χ4v) is 1.73. The smallest absolute Gasteiger partial charge is 0.248 e. The van der Waals surface area contributed by atoms with E-state index in [1.807, 2.05) is 17.0 Å². The lowest BCUT2D eigenvalue weighted by Gasteiger charge is -1.98. The molecule has 1 aromatic heterocycles. The molecule has 0 N–H and O–H groups in total. The van der Waals surface area contributed by atoms with Gasteiger partial charge in [-0.3, -0.25) is 0 Å². The molecule has 0 unspecified atom stereocenters. The summed E-state index contributed by atoms with van der Waals surface area (Å²) in [5, 5.41) is 14.8. The van der Waals surface area contributed by atoms with Crippen LogP contribution in [0.4, 0.5) is 0 Å². The number of hydrogen-bond donors (Lipinski definition) is 0. The summed E-state index contributed by atoms with van der Waals surface area (Å²) in [6, 6.07) is 0. The van der Waals surface area contributed by atoms with Gasteiger partial charge in [-0.1, -0.05) is 39.2 Å². The maximum Gasteiger partial charge on any atom is 0.248 e. The summed E-state index contributed by atoms with van der Waals surface area (Å²) in [4.78, 5) is 8.25. The van der Waals surface area contributed by atoms with Crippen LogP contribution in [0.5, 0.6) is 0 Å². The summed E-state index contributed by atoms with van der Waals surface area (Å²) >= 11 is 0. The summed E-state index contributed by atoms with van der Waals surface area (Å²) in [5.74, 6) is 0. The largest absolute Gasteiger partial charge is 0.356 e. The number of nitrogens with zero attached hydrogens (tertiary/aromatic N) is 3. The molecule has 0 aliphatic rings. The zero-order valence-corrected chi connectivity index (χ0v) is 11.5. The number of unbranched alkanes of at least 4 members (excludes halogenated alkanes) is 5. The Balaban J connectivity index is 0.000000711. The number of imidazole rings is 1. The minimum absolute atomic E-state index is 1.13. The van der Waals surface area contributed by atoms with E-state index >= 15 is 0 Å². The average Bonchev–Trinajstić information content (AvgIpc) is 2.81. The molecule has 0 radical (unpaired) electrons. The van der Waals surface area contributed by atoms with E-state index in [-0.39, 0.29) is 0 Å². The highest BCUT2D eigenvalue weighted by atomic mass is 16.9. The molecule has 6 nitrogen and oxygen atoms in total. The lowest BCUT2D eigenvalue weighted by atomic mass is 10.1. The fraction of sp³-hybridized carbons (Fsp3) is 0.615. The molecule has 0 aliphatic carbocycles. The van der Waals surface area contributed by atoms with Crippen LogP contribution in [-0.4, -0.2) is 9.65 Å². The Labute approximate surface area is 114 Å². The Morgan fingerprint density at radius 3 is 2.37 bits per heavy atom. The van der Waals surface area contributed by atoms with E-state index in [1.54, 1.807) is 0 Å². The van der Waals surface area contributed by atoms with Crippen molar-refractivity contribution in [1.29, 1.82) is 0 Å². The number of aryl methyl sites for hydroxylation is 1. The van der Waals surface area contributed by atoms with Crippen molar-refractivity contribution in [3.8, 4) is 0 Å². The van der Waals surface area contributed by atoms with Gasteiger partial charge in [0.1, 0.15) is 12.4 Å². The predicted octanol–water partition coefficient (Wildman–Crippen LogP) is 3.00. The Morgan fingerprint density at radius 2 is 1.84 bits per heavy atom. The topological polar surface area (TPSA) is 75.0 Å². The Kier molecular flexibility index (Phi) is 10.2. The fourth-order valence-electron chi connectivity index (χ4n) is 1.73. The van der Waals surface area contributed by atoms with Crippen LogP contribution in [0.2, 0.25) is 0 Å². The van der Waals surface area contributed by atoms with Gasteiger partial charge >= 0.3 is 0 Å². The minimum atomic E-state index is -1.75. The van der Waals surface area contributed by atoms with E-state index in [4.69, 9.17) is 15.3 Å². The third kappa shape index (κ3) is 11.0. The standard InChI is InChI=1S/C13H23N2.NO3/c1-3-5-6-7-8-9-10-15-12-11-14(4-2)13-15;2-1(3)4/h4,11-13H,2-3,5-10H2,1H3;/q+1;-1. The molecule has 0 aliphatic heterocycles. The maximum atomic E-state index is 8.25. The summed E-state index contributed by atoms with van der Waals surface area (Å²) in [5.41, 5.74) is 0. The summed E-state index contributed by atoms with van der Waals surface area (Å²) < 4.78 is 4.21. The molecule has 19 heavy (non-hydrogen) atoms. The van der Waals surface area contributed by atoms with E-state index in [9.17, 15) is 0 Å². The normalized spacial score (nSPS) is 9.53. The molecule has 0 fully saturated rings. The molecule has 6 heteroatoms. The van der Waals surface area contributed by atoms with Crippen molar-refractivity contribution in [3.63, 3.8) is 0 Å². The second-order valence-corrected chi connectivity index (χ2v) is 4.27. The first kappa shape index (κ1) is 17.2. The van der Waals surface area contributed by atoms with Gasteiger partial charge in [0.25, 0.3) is 0 Å². The summed E-state index contributed by atoms with van der Waals surface area (Å²) in [7, 11) is 0. The Bertz CT molecular complexity index is 360. The van der Waals surface area contributed by atoms with E-state index in [1.165, 1.54) is 38.5 Å². The monoisotopic (exact) mass is 269 g/mol. The van der Waals surface area contributed by atoms with Gasteiger partial charge in [-0.05, 0) is 12.8 Å². The summed E-state index contributed by atoms with van der Waals surface area (Å²) in [6.45, 7) is 7.11. The SMILES string of the molecule is C=Cn1cc[n+](CCCCCCCC)c1.O=[N+]([O-])[O-]. The third-order valence-corrected chi connectivity index (χ3v) is 2.69. The molecule has 0 aromatic carbocycles. The molecule has 0 amide bonds. The molecule has 1 aromatic rings. The molecule has 0 saturated carbocycles. The quantitative estimate of drug-likeness (QED) is 0.315. The van der Waals surface area contributed by atoms with Crippen LogP contribution in [0.3, 0.4) is 0 Å². The van der Waals surface area contributed by atoms with Gasteiger partial charge < -0.3 is 15.3 Å². The van der Waals surface area contributed by atoms with Gasteiger partial charge in [-0.2, -0.15) is 0 Å². The van der Waals surface area contributed by atoms with Crippen LogP contribution in [0.1, 0.15) is 45.4 Å². The molecule has 0 saturated heterocycles. The minimum Gasteiger partial charge on any atom is -0.356 e. The third-order valence-electron chi connectivity index (χ3n) is 2.69. The van der Waals surface area contributed by atoms with Crippen molar-refractivity contribution < 1.29 is 9.65 Å². The number of aromatic nitrogens is 2. The molecule has 1 heterocycles. The van der Waals surface area contributed by atoms with Crippen LogP contribution in [-0.2, 0) is 6.54 Å². The first-order chi connectivity index (χ1) is 9.10. The van der Waals surface area contributed by atoms with Crippen molar-refractivity contribution >= 4 is 6.20 Å². The molecule has 1 rings (SSSR count). The molecule has 0 atom stereocenters. The van der Waals surface area contributed by atoms with Gasteiger partial charge in [0.15, 0.2) is 0 Å².